The molecule has 0 amide bonds. The third kappa shape index (κ3) is 4.55. The monoisotopic (exact) mass is 273 g/mol. The Morgan fingerprint density at radius 1 is 1.00 bits per heavy atom. The smallest absolute Gasteiger partial charge is 0.166 e. The van der Waals surface area contributed by atoms with Gasteiger partial charge in [0.05, 0.1) is 5.56 Å². The van der Waals surface area contributed by atoms with Crippen LogP contribution in [0.2, 0.25) is 0 Å². The van der Waals surface area contributed by atoms with E-state index < -0.39 is 23.6 Å². The number of benzene rings is 1. The van der Waals surface area contributed by atoms with E-state index in [4.69, 9.17) is 1.37 Å². The Bertz CT molecular complexity index is 476. The molecule has 3 heteroatoms. The van der Waals surface area contributed by atoms with Crippen LogP contribution in [0, 0.1) is 5.41 Å². The summed E-state index contributed by atoms with van der Waals surface area (Å²) >= 11 is 0. The average Bonchev–Trinajstić information content (AvgIpc) is 2.23. The highest BCUT2D eigenvalue weighted by Crippen LogP contribution is 2.36. The molecule has 0 N–H and O–H groups in total. The van der Waals surface area contributed by atoms with Gasteiger partial charge in [0.2, 0.25) is 0 Å². The van der Waals surface area contributed by atoms with Crippen molar-refractivity contribution in [3.63, 3.8) is 0 Å². The Labute approximate surface area is 115 Å². The van der Waals surface area contributed by atoms with Crippen molar-refractivity contribution in [2.24, 2.45) is 5.41 Å². The molecule has 108 valence electrons. The third-order valence-corrected chi connectivity index (χ3v) is 2.78. The normalized spacial score (nSPS) is 16.2. The second-order valence-electron chi connectivity index (χ2n) is 7.06. The summed E-state index contributed by atoms with van der Waals surface area (Å²) in [5, 5.41) is 0. The van der Waals surface area contributed by atoms with Gasteiger partial charge in [-0.1, -0.05) is 47.6 Å². The lowest BCUT2D eigenvalue weighted by Gasteiger charge is -2.28. The van der Waals surface area contributed by atoms with E-state index in [1.54, 1.807) is 0 Å². The SMILES string of the molecule is [2H]C(c1ccc(C(F)(F)F)cc1C(C)(C)C)C(C)(C)C. The molecule has 0 aromatic heterocycles. The Kier molecular flexibility index (Phi) is 3.67. The Balaban J connectivity index is 3.48. The van der Waals surface area contributed by atoms with E-state index in [0.717, 1.165) is 6.07 Å². The fourth-order valence-electron chi connectivity index (χ4n) is 1.97. The van der Waals surface area contributed by atoms with E-state index in [1.165, 1.54) is 12.1 Å². The average molecular weight is 273 g/mol. The molecule has 0 bridgehead atoms. The second-order valence-corrected chi connectivity index (χ2v) is 7.06. The van der Waals surface area contributed by atoms with Crippen LogP contribution in [0.3, 0.4) is 0 Å². The minimum atomic E-state index is -4.35. The van der Waals surface area contributed by atoms with E-state index in [-0.39, 0.29) is 5.41 Å². The molecule has 0 aliphatic heterocycles. The standard InChI is InChI=1S/C16H23F3/c1-14(2,3)10-11-7-8-12(16(17,18)19)9-13(11)15(4,5)6/h7-9H,10H2,1-6H3/i10D. The quantitative estimate of drug-likeness (QED) is 0.625. The summed E-state index contributed by atoms with van der Waals surface area (Å²) < 4.78 is 47.0. The first-order valence-electron chi connectivity index (χ1n) is 6.96. The fraction of sp³-hybridized carbons (Fsp3) is 0.625. The predicted molar refractivity (Wildman–Crippen MR) is 73.3 cm³/mol. The van der Waals surface area contributed by atoms with Crippen LogP contribution in [-0.4, -0.2) is 0 Å². The summed E-state index contributed by atoms with van der Waals surface area (Å²) in [6, 6.07) is 3.74. The van der Waals surface area contributed by atoms with Crippen LogP contribution in [0.5, 0.6) is 0 Å². The third-order valence-electron chi connectivity index (χ3n) is 2.78. The van der Waals surface area contributed by atoms with Crippen molar-refractivity contribution in [3.8, 4) is 0 Å². The lowest BCUT2D eigenvalue weighted by molar-refractivity contribution is -0.137. The van der Waals surface area contributed by atoms with Gasteiger partial charge in [-0.05, 0) is 40.5 Å². The van der Waals surface area contributed by atoms with Gasteiger partial charge in [-0.25, -0.2) is 0 Å². The van der Waals surface area contributed by atoms with Gasteiger partial charge < -0.3 is 0 Å². The summed E-state index contributed by atoms with van der Waals surface area (Å²) in [6.07, 6.45) is -4.91. The molecular formula is C16H23F3. The molecule has 1 aromatic rings. The maximum Gasteiger partial charge on any atom is 0.416 e. The number of hydrogen-bond acceptors (Lipinski definition) is 0. The lowest BCUT2D eigenvalue weighted by atomic mass is 9.78. The number of halogens is 3. The van der Waals surface area contributed by atoms with Crippen molar-refractivity contribution in [3.05, 3.63) is 34.9 Å². The fourth-order valence-corrected chi connectivity index (χ4v) is 1.97. The molecule has 19 heavy (non-hydrogen) atoms. The van der Waals surface area contributed by atoms with E-state index in [2.05, 4.69) is 0 Å². The molecule has 0 fully saturated rings. The topological polar surface area (TPSA) is 0 Å². The van der Waals surface area contributed by atoms with Crippen LogP contribution in [-0.2, 0) is 18.0 Å². The predicted octanol–water partition coefficient (Wildman–Crippen LogP) is 5.59. The molecule has 1 unspecified atom stereocenters. The van der Waals surface area contributed by atoms with Gasteiger partial charge in [0, 0.05) is 1.37 Å². The van der Waals surface area contributed by atoms with Crippen LogP contribution < -0.4 is 0 Å². The van der Waals surface area contributed by atoms with E-state index in [0.29, 0.717) is 11.1 Å². The first kappa shape index (κ1) is 14.4. The maximum absolute atomic E-state index is 12.9. The van der Waals surface area contributed by atoms with Crippen LogP contribution >= 0.6 is 0 Å². The number of alkyl halides is 3. The summed E-state index contributed by atoms with van der Waals surface area (Å²) in [4.78, 5) is 0. The van der Waals surface area contributed by atoms with Crippen molar-refractivity contribution in [2.75, 3.05) is 0 Å². The van der Waals surface area contributed by atoms with Crippen molar-refractivity contribution in [1.82, 2.24) is 0 Å². The van der Waals surface area contributed by atoms with E-state index in [1.807, 2.05) is 41.5 Å². The largest absolute Gasteiger partial charge is 0.416 e. The number of rotatable bonds is 1. The van der Waals surface area contributed by atoms with E-state index in [9.17, 15) is 13.2 Å². The summed E-state index contributed by atoms with van der Waals surface area (Å²) in [7, 11) is 0. The van der Waals surface area contributed by atoms with Gasteiger partial charge in [-0.15, -0.1) is 0 Å². The zero-order valence-corrected chi connectivity index (χ0v) is 12.4. The van der Waals surface area contributed by atoms with Crippen molar-refractivity contribution < 1.29 is 14.5 Å². The Morgan fingerprint density at radius 3 is 1.89 bits per heavy atom. The van der Waals surface area contributed by atoms with Crippen LogP contribution in [0.4, 0.5) is 13.2 Å². The molecule has 0 heterocycles. The van der Waals surface area contributed by atoms with Gasteiger partial charge in [0.25, 0.3) is 0 Å². The van der Waals surface area contributed by atoms with Crippen LogP contribution in [0.15, 0.2) is 18.2 Å². The minimum Gasteiger partial charge on any atom is -0.166 e. The first-order chi connectivity index (χ1) is 8.74. The Hall–Kier alpha value is -0.990. The highest BCUT2D eigenvalue weighted by atomic mass is 19.4. The molecule has 0 aliphatic rings. The van der Waals surface area contributed by atoms with Gasteiger partial charge in [-0.3, -0.25) is 0 Å². The van der Waals surface area contributed by atoms with Gasteiger partial charge >= 0.3 is 6.18 Å². The van der Waals surface area contributed by atoms with Crippen LogP contribution in [0.1, 0.15) is 59.6 Å². The van der Waals surface area contributed by atoms with Gasteiger partial charge in [0.1, 0.15) is 0 Å². The molecular weight excluding hydrogens is 249 g/mol. The maximum atomic E-state index is 12.9. The molecule has 0 spiro atoms. The molecule has 1 atom stereocenters. The highest BCUT2D eigenvalue weighted by molar-refractivity contribution is 5.38. The molecule has 0 saturated heterocycles. The van der Waals surface area contributed by atoms with Gasteiger partial charge in [-0.2, -0.15) is 13.2 Å². The lowest BCUT2D eigenvalue weighted by Crippen LogP contribution is -2.20. The number of hydrogen-bond donors (Lipinski definition) is 0. The van der Waals surface area contributed by atoms with Crippen molar-refractivity contribution >= 4 is 0 Å². The molecule has 1 rings (SSSR count). The van der Waals surface area contributed by atoms with Crippen LogP contribution in [0.25, 0.3) is 0 Å². The van der Waals surface area contributed by atoms with Gasteiger partial charge in [0.15, 0.2) is 0 Å². The van der Waals surface area contributed by atoms with E-state index >= 15 is 0 Å². The van der Waals surface area contributed by atoms with Crippen molar-refractivity contribution in [2.45, 2.75) is 59.5 Å². The summed E-state index contributed by atoms with van der Waals surface area (Å²) in [6.45, 7) is 11.4. The molecule has 1 aromatic carbocycles. The Morgan fingerprint density at radius 2 is 1.53 bits per heavy atom. The van der Waals surface area contributed by atoms with Crippen molar-refractivity contribution in [1.29, 1.82) is 0 Å². The molecule has 0 aliphatic carbocycles. The zero-order chi connectivity index (χ0) is 15.9. The summed E-state index contributed by atoms with van der Waals surface area (Å²) in [5.74, 6) is 0. The minimum absolute atomic E-state index is 0.320. The molecule has 0 nitrogen and oxygen atoms in total. The highest BCUT2D eigenvalue weighted by Gasteiger charge is 2.32. The zero-order valence-electron chi connectivity index (χ0n) is 13.4. The molecule has 0 radical (unpaired) electrons. The summed E-state index contributed by atoms with van der Waals surface area (Å²) in [5.41, 5.74) is -0.117. The molecule has 0 saturated carbocycles. The first-order valence-corrected chi connectivity index (χ1v) is 6.38. The second kappa shape index (κ2) is 4.84.